The molecule has 1 atom stereocenters. The molecule has 0 radical (unpaired) electrons. The first-order valence-corrected chi connectivity index (χ1v) is 5.95. The van der Waals surface area contributed by atoms with Crippen LogP contribution >= 0.6 is 11.6 Å². The number of halogens is 1. The second kappa shape index (κ2) is 5.38. The van der Waals surface area contributed by atoms with Crippen LogP contribution in [0, 0.1) is 5.92 Å². The van der Waals surface area contributed by atoms with Crippen LogP contribution in [0.2, 0.25) is 5.02 Å². The van der Waals surface area contributed by atoms with Gasteiger partial charge in [0.25, 0.3) is 0 Å². The Morgan fingerprint density at radius 2 is 2.41 bits per heavy atom. The van der Waals surface area contributed by atoms with Crippen molar-refractivity contribution < 1.29 is 9.53 Å². The Morgan fingerprint density at radius 1 is 1.59 bits per heavy atom. The molecule has 0 bridgehead atoms. The monoisotopic (exact) mass is 254 g/mol. The van der Waals surface area contributed by atoms with Gasteiger partial charge in [0.15, 0.2) is 0 Å². The second-order valence-electron chi connectivity index (χ2n) is 4.17. The van der Waals surface area contributed by atoms with Crippen LogP contribution in [-0.4, -0.2) is 25.7 Å². The van der Waals surface area contributed by atoms with Crippen molar-refractivity contribution >= 4 is 23.2 Å². The average Bonchev–Trinajstić information content (AvgIpc) is 2.78. The molecule has 4 nitrogen and oxygen atoms in total. The number of ether oxygens (including phenoxy) is 1. The highest BCUT2D eigenvalue weighted by Gasteiger charge is 2.15. The van der Waals surface area contributed by atoms with E-state index in [1.165, 1.54) is 0 Å². The molecule has 3 N–H and O–H groups in total. The van der Waals surface area contributed by atoms with Crippen LogP contribution in [0.1, 0.15) is 16.8 Å². The van der Waals surface area contributed by atoms with Gasteiger partial charge in [-0.05, 0) is 24.6 Å². The Bertz CT molecular complexity index is 417. The fraction of sp³-hybridized carbons (Fsp3) is 0.417. The number of primary amides is 1. The van der Waals surface area contributed by atoms with Crippen LogP contribution in [0.5, 0.6) is 0 Å². The fourth-order valence-electron chi connectivity index (χ4n) is 1.83. The van der Waals surface area contributed by atoms with E-state index in [1.807, 2.05) is 6.07 Å². The summed E-state index contributed by atoms with van der Waals surface area (Å²) in [5, 5.41) is 3.66. The van der Waals surface area contributed by atoms with Crippen molar-refractivity contribution in [2.75, 3.05) is 25.1 Å². The number of carbonyl (C=O) groups is 1. The summed E-state index contributed by atoms with van der Waals surface area (Å²) < 4.78 is 5.29. The fourth-order valence-corrected chi connectivity index (χ4v) is 2.11. The average molecular weight is 255 g/mol. The molecule has 0 spiro atoms. The number of carbonyl (C=O) groups excluding carboxylic acids is 1. The molecule has 1 aromatic carbocycles. The van der Waals surface area contributed by atoms with Gasteiger partial charge in [0, 0.05) is 24.8 Å². The predicted molar refractivity (Wildman–Crippen MR) is 67.4 cm³/mol. The van der Waals surface area contributed by atoms with Gasteiger partial charge in [0.1, 0.15) is 0 Å². The normalized spacial score (nSPS) is 19.2. The molecule has 0 aromatic heterocycles. The Morgan fingerprint density at radius 3 is 3.00 bits per heavy atom. The maximum Gasteiger partial charge on any atom is 0.250 e. The summed E-state index contributed by atoms with van der Waals surface area (Å²) in [4.78, 5) is 11.0. The van der Waals surface area contributed by atoms with E-state index in [-0.39, 0.29) is 0 Å². The van der Waals surface area contributed by atoms with Gasteiger partial charge in [0.2, 0.25) is 5.91 Å². The largest absolute Gasteiger partial charge is 0.385 e. The molecule has 1 aromatic rings. The number of anilines is 1. The number of rotatable bonds is 4. The zero-order valence-electron chi connectivity index (χ0n) is 9.41. The highest BCUT2D eigenvalue weighted by molar-refractivity contribution is 6.34. The lowest BCUT2D eigenvalue weighted by Crippen LogP contribution is -2.15. The molecule has 0 saturated carbocycles. The molecule has 2 rings (SSSR count). The number of benzene rings is 1. The number of nitrogens with one attached hydrogen (secondary N) is 1. The first-order chi connectivity index (χ1) is 8.16. The topological polar surface area (TPSA) is 64.4 Å². The van der Waals surface area contributed by atoms with Gasteiger partial charge < -0.3 is 15.8 Å². The predicted octanol–water partition coefficient (Wildman–Crippen LogP) is 1.89. The van der Waals surface area contributed by atoms with Crippen LogP contribution in [0.4, 0.5) is 5.69 Å². The van der Waals surface area contributed by atoms with E-state index in [0.717, 1.165) is 31.9 Å². The van der Waals surface area contributed by atoms with E-state index in [0.29, 0.717) is 16.5 Å². The Labute approximate surface area is 105 Å². The zero-order chi connectivity index (χ0) is 12.3. The Balaban J connectivity index is 1.97. The molecule has 1 unspecified atom stereocenters. The van der Waals surface area contributed by atoms with Crippen LogP contribution in [0.15, 0.2) is 18.2 Å². The first kappa shape index (κ1) is 12.2. The number of nitrogens with two attached hydrogens (primary N) is 1. The standard InChI is InChI=1S/C12H15ClN2O2/c13-11-5-9(1-2-10(11)12(14)16)15-6-8-3-4-17-7-8/h1-2,5,8,15H,3-4,6-7H2,(H2,14,16). The Hall–Kier alpha value is -1.26. The number of hydrogen-bond donors (Lipinski definition) is 2. The lowest BCUT2D eigenvalue weighted by molar-refractivity contribution is 0.100. The van der Waals surface area contributed by atoms with Gasteiger partial charge >= 0.3 is 0 Å². The highest BCUT2D eigenvalue weighted by atomic mass is 35.5. The lowest BCUT2D eigenvalue weighted by Gasteiger charge is -2.11. The number of hydrogen-bond acceptors (Lipinski definition) is 3. The van der Waals surface area contributed by atoms with Gasteiger partial charge in [-0.2, -0.15) is 0 Å². The summed E-state index contributed by atoms with van der Waals surface area (Å²) in [6.45, 7) is 2.50. The van der Waals surface area contributed by atoms with Crippen molar-refractivity contribution in [3.8, 4) is 0 Å². The second-order valence-corrected chi connectivity index (χ2v) is 4.58. The van der Waals surface area contributed by atoms with E-state index in [2.05, 4.69) is 5.32 Å². The maximum atomic E-state index is 11.0. The van der Waals surface area contributed by atoms with Gasteiger partial charge in [0.05, 0.1) is 17.2 Å². The van der Waals surface area contributed by atoms with Crippen LogP contribution in [0.25, 0.3) is 0 Å². The van der Waals surface area contributed by atoms with E-state index in [4.69, 9.17) is 22.1 Å². The van der Waals surface area contributed by atoms with Crippen molar-refractivity contribution in [3.05, 3.63) is 28.8 Å². The van der Waals surface area contributed by atoms with Gasteiger partial charge in [-0.25, -0.2) is 0 Å². The third-order valence-electron chi connectivity index (χ3n) is 2.85. The molecule has 92 valence electrons. The summed E-state index contributed by atoms with van der Waals surface area (Å²) in [6, 6.07) is 5.16. The van der Waals surface area contributed by atoms with Gasteiger partial charge in [-0.3, -0.25) is 4.79 Å². The molecular formula is C12H15ClN2O2. The van der Waals surface area contributed by atoms with E-state index in [9.17, 15) is 4.79 Å². The summed E-state index contributed by atoms with van der Waals surface area (Å²) in [7, 11) is 0. The van der Waals surface area contributed by atoms with E-state index in [1.54, 1.807) is 12.1 Å². The first-order valence-electron chi connectivity index (χ1n) is 5.58. The minimum absolute atomic E-state index is 0.349. The zero-order valence-corrected chi connectivity index (χ0v) is 10.2. The molecule has 1 aliphatic heterocycles. The van der Waals surface area contributed by atoms with Crippen molar-refractivity contribution in [1.29, 1.82) is 0 Å². The molecule has 1 heterocycles. The van der Waals surface area contributed by atoms with E-state index >= 15 is 0 Å². The molecule has 0 aliphatic carbocycles. The van der Waals surface area contributed by atoms with Gasteiger partial charge in [-0.15, -0.1) is 0 Å². The summed E-state index contributed by atoms with van der Waals surface area (Å²) >= 11 is 5.95. The van der Waals surface area contributed by atoms with Crippen LogP contribution in [-0.2, 0) is 4.74 Å². The molecule has 1 saturated heterocycles. The molecule has 1 amide bonds. The van der Waals surface area contributed by atoms with Crippen LogP contribution in [0.3, 0.4) is 0 Å². The summed E-state index contributed by atoms with van der Waals surface area (Å²) in [5.41, 5.74) is 6.42. The maximum absolute atomic E-state index is 11.0. The highest BCUT2D eigenvalue weighted by Crippen LogP contribution is 2.21. The molecular weight excluding hydrogens is 240 g/mol. The number of amides is 1. The molecule has 1 aliphatic rings. The summed E-state index contributed by atoms with van der Waals surface area (Å²) in [6.07, 6.45) is 1.08. The molecule has 17 heavy (non-hydrogen) atoms. The van der Waals surface area contributed by atoms with E-state index < -0.39 is 5.91 Å². The minimum Gasteiger partial charge on any atom is -0.385 e. The molecule has 5 heteroatoms. The summed E-state index contributed by atoms with van der Waals surface area (Å²) in [5.74, 6) is 0.0373. The van der Waals surface area contributed by atoms with Crippen molar-refractivity contribution in [2.24, 2.45) is 11.7 Å². The van der Waals surface area contributed by atoms with Crippen LogP contribution < -0.4 is 11.1 Å². The SMILES string of the molecule is NC(=O)c1ccc(NCC2CCOC2)cc1Cl. The third kappa shape index (κ3) is 3.11. The smallest absolute Gasteiger partial charge is 0.250 e. The minimum atomic E-state index is -0.509. The lowest BCUT2D eigenvalue weighted by atomic mass is 10.1. The van der Waals surface area contributed by atoms with Crippen molar-refractivity contribution in [2.45, 2.75) is 6.42 Å². The molecule has 1 fully saturated rings. The van der Waals surface area contributed by atoms with Gasteiger partial charge in [-0.1, -0.05) is 11.6 Å². The van der Waals surface area contributed by atoms with Crippen molar-refractivity contribution in [3.63, 3.8) is 0 Å². The quantitative estimate of drug-likeness (QED) is 0.862. The van der Waals surface area contributed by atoms with Crippen molar-refractivity contribution in [1.82, 2.24) is 0 Å². The Kier molecular flexibility index (Phi) is 3.86. The third-order valence-corrected chi connectivity index (χ3v) is 3.17.